The van der Waals surface area contributed by atoms with Crippen molar-refractivity contribution in [2.24, 2.45) is 5.73 Å². The van der Waals surface area contributed by atoms with Gasteiger partial charge in [-0.1, -0.05) is 12.2 Å². The highest BCUT2D eigenvalue weighted by Crippen LogP contribution is 2.20. The van der Waals surface area contributed by atoms with E-state index in [0.29, 0.717) is 18.1 Å². The van der Waals surface area contributed by atoms with Gasteiger partial charge in [0.1, 0.15) is 0 Å². The first-order chi connectivity index (χ1) is 9.32. The van der Waals surface area contributed by atoms with Crippen molar-refractivity contribution in [2.45, 2.75) is 19.4 Å². The largest absolute Gasteiger partial charge is 0.440 e. The molecule has 0 saturated carbocycles. The number of amides is 1. The van der Waals surface area contributed by atoms with Gasteiger partial charge in [0.05, 0.1) is 10.5 Å². The van der Waals surface area contributed by atoms with E-state index in [1.807, 2.05) is 13.8 Å². The summed E-state index contributed by atoms with van der Waals surface area (Å²) in [5.41, 5.74) is 5.43. The molecule has 2 rings (SSSR count). The van der Waals surface area contributed by atoms with Crippen molar-refractivity contribution in [3.8, 4) is 0 Å². The maximum atomic E-state index is 12.2. The summed E-state index contributed by atoms with van der Waals surface area (Å²) >= 11 is 10.8. The third-order valence-electron chi connectivity index (χ3n) is 3.74. The Morgan fingerprint density at radius 3 is 2.40 bits per heavy atom. The number of nitrogens with two attached hydrogens (primary N) is 1. The van der Waals surface area contributed by atoms with E-state index in [9.17, 15) is 4.79 Å². The summed E-state index contributed by atoms with van der Waals surface area (Å²) < 4.78 is 5.15. The van der Waals surface area contributed by atoms with Crippen molar-refractivity contribution >= 4 is 34.7 Å². The predicted molar refractivity (Wildman–Crippen MR) is 82.1 cm³/mol. The molecule has 5 nitrogen and oxygen atoms in total. The normalized spacial score (nSPS) is 17.2. The fraction of sp³-hybridized carbons (Fsp3) is 0.538. The molecule has 1 aliphatic rings. The zero-order chi connectivity index (χ0) is 14.9. The summed E-state index contributed by atoms with van der Waals surface area (Å²) in [5, 5.41) is 0.224. The van der Waals surface area contributed by atoms with E-state index in [-0.39, 0.29) is 22.4 Å². The Balaban J connectivity index is 1.98. The number of carbonyl (C=O) groups excluding carboxylic acids is 1. The molecule has 7 heteroatoms. The second-order valence-corrected chi connectivity index (χ2v) is 6.12. The first-order valence-corrected chi connectivity index (χ1v) is 7.20. The molecule has 1 saturated heterocycles. The molecule has 0 radical (unpaired) electrons. The first kappa shape index (κ1) is 15.3. The third kappa shape index (κ3) is 2.97. The molecule has 2 heterocycles. The number of thiocarbonyl (C=S) groups is 1. The summed E-state index contributed by atoms with van der Waals surface area (Å²) in [7, 11) is 0. The van der Waals surface area contributed by atoms with Gasteiger partial charge in [-0.15, -0.1) is 0 Å². The van der Waals surface area contributed by atoms with E-state index in [4.69, 9.17) is 34.0 Å². The van der Waals surface area contributed by atoms with Crippen LogP contribution in [-0.2, 0) is 0 Å². The van der Waals surface area contributed by atoms with Gasteiger partial charge in [0.25, 0.3) is 5.91 Å². The second kappa shape index (κ2) is 5.71. The molecule has 20 heavy (non-hydrogen) atoms. The van der Waals surface area contributed by atoms with Crippen LogP contribution in [0.15, 0.2) is 16.5 Å². The Labute approximate surface area is 128 Å². The van der Waals surface area contributed by atoms with Crippen LogP contribution in [0.3, 0.4) is 0 Å². The second-order valence-electron chi connectivity index (χ2n) is 5.31. The van der Waals surface area contributed by atoms with E-state index < -0.39 is 0 Å². The average molecular weight is 316 g/mol. The Hall–Kier alpha value is -1.11. The van der Waals surface area contributed by atoms with E-state index in [1.54, 1.807) is 17.0 Å². The number of rotatable bonds is 3. The van der Waals surface area contributed by atoms with Crippen LogP contribution < -0.4 is 5.73 Å². The molecule has 1 fully saturated rings. The lowest BCUT2D eigenvalue weighted by atomic mass is 10.0. The van der Waals surface area contributed by atoms with E-state index in [2.05, 4.69) is 4.90 Å². The number of nitrogens with zero attached hydrogens (tertiary/aromatic N) is 2. The number of furan rings is 1. The van der Waals surface area contributed by atoms with Crippen LogP contribution in [0.4, 0.5) is 0 Å². The highest BCUT2D eigenvalue weighted by Gasteiger charge is 2.33. The molecule has 0 atom stereocenters. The van der Waals surface area contributed by atoms with Crippen LogP contribution in [-0.4, -0.2) is 52.4 Å². The summed E-state index contributed by atoms with van der Waals surface area (Å²) in [6.45, 7) is 6.68. The molecular formula is C13H18ClN3O2S. The lowest BCUT2D eigenvalue weighted by Gasteiger charge is -2.43. The number of carbonyl (C=O) groups is 1. The topological polar surface area (TPSA) is 62.7 Å². The van der Waals surface area contributed by atoms with Crippen LogP contribution in [0.2, 0.25) is 5.22 Å². The zero-order valence-electron chi connectivity index (χ0n) is 11.6. The molecule has 1 amide bonds. The zero-order valence-corrected chi connectivity index (χ0v) is 13.1. The van der Waals surface area contributed by atoms with Crippen molar-refractivity contribution < 1.29 is 9.21 Å². The lowest BCUT2D eigenvalue weighted by Crippen LogP contribution is -2.59. The van der Waals surface area contributed by atoms with Gasteiger partial charge in [0.15, 0.2) is 11.0 Å². The van der Waals surface area contributed by atoms with E-state index >= 15 is 0 Å². The fourth-order valence-corrected chi connectivity index (χ4v) is 2.48. The molecule has 0 unspecified atom stereocenters. The van der Waals surface area contributed by atoms with Crippen molar-refractivity contribution in [3.05, 3.63) is 23.1 Å². The number of piperazine rings is 1. The Kier molecular flexibility index (Phi) is 4.36. The van der Waals surface area contributed by atoms with Crippen LogP contribution in [0, 0.1) is 0 Å². The molecule has 1 aliphatic heterocycles. The molecule has 0 aliphatic carbocycles. The van der Waals surface area contributed by atoms with E-state index in [0.717, 1.165) is 13.1 Å². The van der Waals surface area contributed by atoms with Crippen LogP contribution in [0.1, 0.15) is 24.4 Å². The quantitative estimate of drug-likeness (QED) is 0.861. The predicted octanol–water partition coefficient (Wildman–Crippen LogP) is 1.76. The fourth-order valence-electron chi connectivity index (χ4n) is 2.21. The summed E-state index contributed by atoms with van der Waals surface area (Å²) in [4.78, 5) is 16.6. The van der Waals surface area contributed by atoms with Crippen LogP contribution in [0.5, 0.6) is 0 Å². The maximum Gasteiger partial charge on any atom is 0.289 e. The van der Waals surface area contributed by atoms with Gasteiger partial charge < -0.3 is 15.1 Å². The summed E-state index contributed by atoms with van der Waals surface area (Å²) in [5.74, 6) is 0.140. The minimum atomic E-state index is -0.335. The summed E-state index contributed by atoms with van der Waals surface area (Å²) in [6.07, 6.45) is 0. The van der Waals surface area contributed by atoms with E-state index in [1.165, 1.54) is 0 Å². The average Bonchev–Trinajstić information content (AvgIpc) is 2.84. The molecular weight excluding hydrogens is 298 g/mol. The van der Waals surface area contributed by atoms with Gasteiger partial charge in [-0.3, -0.25) is 9.69 Å². The first-order valence-electron chi connectivity index (χ1n) is 6.42. The summed E-state index contributed by atoms with van der Waals surface area (Å²) in [6, 6.07) is 3.16. The van der Waals surface area contributed by atoms with Crippen molar-refractivity contribution in [1.82, 2.24) is 9.80 Å². The highest BCUT2D eigenvalue weighted by atomic mass is 35.5. The third-order valence-corrected chi connectivity index (χ3v) is 4.45. The lowest BCUT2D eigenvalue weighted by molar-refractivity contribution is 0.0512. The molecule has 2 N–H and O–H groups in total. The monoisotopic (exact) mass is 315 g/mol. The van der Waals surface area contributed by atoms with Gasteiger partial charge in [0.2, 0.25) is 0 Å². The van der Waals surface area contributed by atoms with Gasteiger partial charge in [-0.25, -0.2) is 0 Å². The number of hydrogen-bond donors (Lipinski definition) is 1. The Bertz CT molecular complexity index is 521. The molecule has 1 aromatic heterocycles. The minimum absolute atomic E-state index is 0.135. The van der Waals surface area contributed by atoms with Crippen molar-refractivity contribution in [3.63, 3.8) is 0 Å². The Morgan fingerprint density at radius 2 is 1.95 bits per heavy atom. The smallest absolute Gasteiger partial charge is 0.289 e. The number of halogens is 1. The molecule has 0 aromatic carbocycles. The van der Waals surface area contributed by atoms with Gasteiger partial charge in [-0.05, 0) is 37.6 Å². The number of hydrogen-bond acceptors (Lipinski definition) is 4. The SMILES string of the molecule is CC(C)(C(N)=S)N1CCN(C(=O)c2ccc(Cl)o2)CC1. The molecule has 0 spiro atoms. The molecule has 110 valence electrons. The van der Waals surface area contributed by atoms with Crippen molar-refractivity contribution in [1.29, 1.82) is 0 Å². The highest BCUT2D eigenvalue weighted by molar-refractivity contribution is 7.80. The van der Waals surface area contributed by atoms with Crippen LogP contribution >= 0.6 is 23.8 Å². The Morgan fingerprint density at radius 1 is 1.35 bits per heavy atom. The van der Waals surface area contributed by atoms with Crippen molar-refractivity contribution in [2.75, 3.05) is 26.2 Å². The maximum absolute atomic E-state index is 12.2. The van der Waals surface area contributed by atoms with Gasteiger partial charge >= 0.3 is 0 Å². The van der Waals surface area contributed by atoms with Gasteiger partial charge in [0, 0.05) is 26.2 Å². The molecule has 0 bridgehead atoms. The standard InChI is InChI=1S/C13H18ClN3O2S/c1-13(2,12(15)20)17-7-5-16(6-8-17)11(18)9-3-4-10(14)19-9/h3-4H,5-8H2,1-2H3,(H2,15,20). The van der Waals surface area contributed by atoms with Crippen LogP contribution in [0.25, 0.3) is 0 Å². The molecule has 1 aromatic rings. The van der Waals surface area contributed by atoms with Gasteiger partial charge in [-0.2, -0.15) is 0 Å². The minimum Gasteiger partial charge on any atom is -0.440 e.